The highest BCUT2D eigenvalue weighted by molar-refractivity contribution is 7.11. The topological polar surface area (TPSA) is 82.3 Å². The monoisotopic (exact) mass is 280 g/mol. The summed E-state index contributed by atoms with van der Waals surface area (Å²) in [5, 5.41) is 4.07. The van der Waals surface area contributed by atoms with Gasteiger partial charge in [-0.25, -0.2) is 4.98 Å². The second-order valence-corrected chi connectivity index (χ2v) is 4.49. The van der Waals surface area contributed by atoms with Crippen LogP contribution in [0, 0.1) is 0 Å². The average Bonchev–Trinajstić information content (AvgIpc) is 2.79. The van der Waals surface area contributed by atoms with E-state index in [1.807, 2.05) is 19.1 Å². The zero-order valence-corrected chi connectivity index (χ0v) is 11.7. The number of nitrogen functional groups attached to an aromatic ring is 1. The summed E-state index contributed by atoms with van der Waals surface area (Å²) in [6, 6.07) is 3.77. The van der Waals surface area contributed by atoms with Gasteiger partial charge in [0.25, 0.3) is 0 Å². The lowest BCUT2D eigenvalue weighted by molar-refractivity contribution is 0.344. The van der Waals surface area contributed by atoms with Crippen molar-refractivity contribution in [2.24, 2.45) is 0 Å². The van der Waals surface area contributed by atoms with Gasteiger partial charge in [0.1, 0.15) is 0 Å². The standard InChI is InChI=1S/C12H16N4O2S/c1-3-18-10-11(13)16-19-12(10)15-7-8-4-5-9(17-2)14-6-8/h4-6,15H,3,7H2,1-2H3,(H2,13,16). The van der Waals surface area contributed by atoms with E-state index in [1.54, 1.807) is 13.3 Å². The molecular formula is C12H16N4O2S. The molecule has 0 amide bonds. The van der Waals surface area contributed by atoms with Crippen LogP contribution in [0.4, 0.5) is 10.8 Å². The average molecular weight is 280 g/mol. The second kappa shape index (κ2) is 6.24. The Kier molecular flexibility index (Phi) is 4.40. The number of hydrogen-bond acceptors (Lipinski definition) is 7. The maximum Gasteiger partial charge on any atom is 0.212 e. The molecule has 0 spiro atoms. The van der Waals surface area contributed by atoms with E-state index < -0.39 is 0 Å². The molecule has 2 heterocycles. The van der Waals surface area contributed by atoms with Crippen molar-refractivity contribution in [1.29, 1.82) is 0 Å². The van der Waals surface area contributed by atoms with Crippen molar-refractivity contribution in [3.05, 3.63) is 23.9 Å². The number of aromatic nitrogens is 2. The first-order chi connectivity index (χ1) is 9.24. The molecule has 2 rings (SSSR count). The molecule has 0 saturated carbocycles. The number of nitrogens with one attached hydrogen (secondary N) is 1. The summed E-state index contributed by atoms with van der Waals surface area (Å²) in [4.78, 5) is 4.14. The third-order valence-electron chi connectivity index (χ3n) is 2.42. The van der Waals surface area contributed by atoms with Gasteiger partial charge in [0, 0.05) is 18.8 Å². The Labute approximate surface area is 115 Å². The first-order valence-corrected chi connectivity index (χ1v) is 6.62. The summed E-state index contributed by atoms with van der Waals surface area (Å²) in [5.41, 5.74) is 6.78. The highest BCUT2D eigenvalue weighted by Gasteiger charge is 2.12. The number of nitrogens with zero attached hydrogens (tertiary/aromatic N) is 2. The quantitative estimate of drug-likeness (QED) is 0.843. The highest BCUT2D eigenvalue weighted by Crippen LogP contribution is 2.35. The fourth-order valence-electron chi connectivity index (χ4n) is 1.51. The van der Waals surface area contributed by atoms with Crippen LogP contribution in [-0.4, -0.2) is 23.1 Å². The third-order valence-corrected chi connectivity index (χ3v) is 3.22. The van der Waals surface area contributed by atoms with Crippen molar-refractivity contribution < 1.29 is 9.47 Å². The van der Waals surface area contributed by atoms with Gasteiger partial charge in [-0.05, 0) is 24.0 Å². The van der Waals surface area contributed by atoms with Gasteiger partial charge in [-0.2, -0.15) is 4.37 Å². The van der Waals surface area contributed by atoms with Gasteiger partial charge in [0.2, 0.25) is 5.88 Å². The van der Waals surface area contributed by atoms with E-state index in [-0.39, 0.29) is 0 Å². The Balaban J connectivity index is 2.01. The van der Waals surface area contributed by atoms with E-state index in [0.717, 1.165) is 10.6 Å². The van der Waals surface area contributed by atoms with Crippen molar-refractivity contribution >= 4 is 22.4 Å². The molecule has 0 aliphatic heterocycles. The molecule has 7 heteroatoms. The fourth-order valence-corrected chi connectivity index (χ4v) is 2.16. The Morgan fingerprint density at radius 3 is 2.89 bits per heavy atom. The largest absolute Gasteiger partial charge is 0.487 e. The lowest BCUT2D eigenvalue weighted by atomic mass is 10.3. The molecule has 2 aromatic heterocycles. The zero-order valence-electron chi connectivity index (χ0n) is 10.8. The maximum atomic E-state index is 5.74. The van der Waals surface area contributed by atoms with Crippen LogP contribution in [0.2, 0.25) is 0 Å². The third kappa shape index (κ3) is 3.25. The predicted molar refractivity (Wildman–Crippen MR) is 75.8 cm³/mol. The molecule has 0 unspecified atom stereocenters. The molecule has 3 N–H and O–H groups in total. The van der Waals surface area contributed by atoms with E-state index in [9.17, 15) is 0 Å². The highest BCUT2D eigenvalue weighted by atomic mass is 32.1. The molecule has 0 radical (unpaired) electrons. The molecule has 0 aliphatic carbocycles. The van der Waals surface area contributed by atoms with Gasteiger partial charge in [-0.15, -0.1) is 0 Å². The SMILES string of the molecule is CCOc1c(N)nsc1NCc1ccc(OC)nc1. The molecule has 2 aromatic rings. The Morgan fingerprint density at radius 1 is 1.42 bits per heavy atom. The van der Waals surface area contributed by atoms with Crippen LogP contribution in [0.5, 0.6) is 11.6 Å². The fraction of sp³-hybridized carbons (Fsp3) is 0.333. The van der Waals surface area contributed by atoms with Crippen molar-refractivity contribution in [3.63, 3.8) is 0 Å². The van der Waals surface area contributed by atoms with E-state index in [0.29, 0.717) is 30.6 Å². The molecule has 0 aromatic carbocycles. The smallest absolute Gasteiger partial charge is 0.212 e. The Bertz CT molecular complexity index is 527. The number of rotatable bonds is 6. The number of ether oxygens (including phenoxy) is 2. The normalized spacial score (nSPS) is 10.2. The maximum absolute atomic E-state index is 5.74. The molecule has 0 aliphatic rings. The van der Waals surface area contributed by atoms with Gasteiger partial charge in [-0.3, -0.25) is 0 Å². The molecule has 0 atom stereocenters. The van der Waals surface area contributed by atoms with E-state index in [2.05, 4.69) is 14.7 Å². The summed E-state index contributed by atoms with van der Waals surface area (Å²) >= 11 is 1.29. The number of hydrogen-bond donors (Lipinski definition) is 2. The molecular weight excluding hydrogens is 264 g/mol. The van der Waals surface area contributed by atoms with Crippen molar-refractivity contribution in [2.45, 2.75) is 13.5 Å². The summed E-state index contributed by atoms with van der Waals surface area (Å²) in [7, 11) is 1.59. The van der Waals surface area contributed by atoms with Crippen molar-refractivity contribution in [3.8, 4) is 11.6 Å². The Hall–Kier alpha value is -2.02. The van der Waals surface area contributed by atoms with Gasteiger partial charge in [0.05, 0.1) is 13.7 Å². The summed E-state index contributed by atoms with van der Waals surface area (Å²) in [6.45, 7) is 3.09. The summed E-state index contributed by atoms with van der Waals surface area (Å²) in [5.74, 6) is 1.64. The van der Waals surface area contributed by atoms with Crippen LogP contribution in [0.1, 0.15) is 12.5 Å². The van der Waals surface area contributed by atoms with Crippen LogP contribution >= 0.6 is 11.5 Å². The van der Waals surface area contributed by atoms with E-state index >= 15 is 0 Å². The van der Waals surface area contributed by atoms with Crippen LogP contribution in [0.15, 0.2) is 18.3 Å². The molecule has 102 valence electrons. The van der Waals surface area contributed by atoms with Crippen molar-refractivity contribution in [2.75, 3.05) is 24.8 Å². The van der Waals surface area contributed by atoms with Crippen LogP contribution in [0.25, 0.3) is 0 Å². The van der Waals surface area contributed by atoms with Gasteiger partial charge >= 0.3 is 0 Å². The molecule has 19 heavy (non-hydrogen) atoms. The summed E-state index contributed by atoms with van der Waals surface area (Å²) < 4.78 is 14.5. The zero-order chi connectivity index (χ0) is 13.7. The number of pyridine rings is 1. The van der Waals surface area contributed by atoms with Crippen molar-refractivity contribution in [1.82, 2.24) is 9.36 Å². The van der Waals surface area contributed by atoms with E-state index in [1.165, 1.54) is 11.5 Å². The molecule has 0 saturated heterocycles. The lowest BCUT2D eigenvalue weighted by Gasteiger charge is -2.07. The molecule has 6 nitrogen and oxygen atoms in total. The van der Waals surface area contributed by atoms with Crippen LogP contribution < -0.4 is 20.5 Å². The minimum atomic E-state index is 0.419. The first kappa shape index (κ1) is 13.4. The van der Waals surface area contributed by atoms with Gasteiger partial charge in [0.15, 0.2) is 16.6 Å². The summed E-state index contributed by atoms with van der Waals surface area (Å²) in [6.07, 6.45) is 1.76. The van der Waals surface area contributed by atoms with Gasteiger partial charge < -0.3 is 20.5 Å². The number of methoxy groups -OCH3 is 1. The second-order valence-electron chi connectivity index (χ2n) is 3.72. The van der Waals surface area contributed by atoms with Gasteiger partial charge in [-0.1, -0.05) is 6.07 Å². The van der Waals surface area contributed by atoms with Crippen LogP contribution in [-0.2, 0) is 6.54 Å². The number of nitrogens with two attached hydrogens (primary N) is 1. The molecule has 0 bridgehead atoms. The first-order valence-electron chi connectivity index (χ1n) is 5.85. The lowest BCUT2D eigenvalue weighted by Crippen LogP contribution is -2.02. The predicted octanol–water partition coefficient (Wildman–Crippen LogP) is 2.14. The number of anilines is 2. The minimum absolute atomic E-state index is 0.419. The van der Waals surface area contributed by atoms with Crippen LogP contribution in [0.3, 0.4) is 0 Å². The minimum Gasteiger partial charge on any atom is -0.487 e. The Morgan fingerprint density at radius 2 is 2.26 bits per heavy atom. The molecule has 0 fully saturated rings. The van der Waals surface area contributed by atoms with E-state index in [4.69, 9.17) is 15.2 Å².